The highest BCUT2D eigenvalue weighted by Gasteiger charge is 2.22. The van der Waals surface area contributed by atoms with Crippen LogP contribution in [0.2, 0.25) is 0 Å². The van der Waals surface area contributed by atoms with Crippen molar-refractivity contribution in [3.63, 3.8) is 0 Å². The normalized spacial score (nSPS) is 11.3. The molecule has 40 heavy (non-hydrogen) atoms. The maximum Gasteiger partial charge on any atom is 0.0458 e. The number of rotatable bonds is 6. The van der Waals surface area contributed by atoms with E-state index in [2.05, 4.69) is 137 Å². The van der Waals surface area contributed by atoms with E-state index in [-0.39, 0.29) is 11.8 Å². The summed E-state index contributed by atoms with van der Waals surface area (Å²) in [7, 11) is 0. The lowest BCUT2D eigenvalue weighted by molar-refractivity contribution is 0.949. The van der Waals surface area contributed by atoms with Gasteiger partial charge in [0, 0.05) is 52.5 Å². The van der Waals surface area contributed by atoms with Crippen LogP contribution in [0.25, 0.3) is 0 Å². The molecule has 0 heterocycles. The quantitative estimate of drug-likeness (QED) is 0.102. The number of hydrogen-bond donors (Lipinski definition) is 4. The Labute approximate surface area is 267 Å². The molecule has 0 aliphatic rings. The standard InChI is InChI=1S/C32H26Br4N4/c33-23-13-19(5-9-27(23)37)31(20-6-10-28(38)24(34)14-20)17-1-2-18(4-3-17)32(21-7-11-29(39)25(35)15-21)22-8-12-30(40)26(36)16-22/h1-16,31-32H,37-40H2. The molecule has 0 unspecified atom stereocenters. The highest BCUT2D eigenvalue weighted by molar-refractivity contribution is 9.11. The molecule has 0 saturated carbocycles. The Morgan fingerprint density at radius 2 is 0.525 bits per heavy atom. The molecule has 0 radical (unpaired) electrons. The van der Waals surface area contributed by atoms with Crippen LogP contribution in [0, 0.1) is 0 Å². The highest BCUT2D eigenvalue weighted by Crippen LogP contribution is 2.40. The Morgan fingerprint density at radius 1 is 0.325 bits per heavy atom. The van der Waals surface area contributed by atoms with Crippen molar-refractivity contribution in [1.82, 2.24) is 0 Å². The molecule has 0 aliphatic heterocycles. The average Bonchev–Trinajstić information content (AvgIpc) is 2.93. The maximum atomic E-state index is 6.12. The third kappa shape index (κ3) is 5.96. The molecule has 0 aliphatic carbocycles. The molecule has 5 rings (SSSR count). The van der Waals surface area contributed by atoms with Crippen molar-refractivity contribution in [3.8, 4) is 0 Å². The summed E-state index contributed by atoms with van der Waals surface area (Å²) >= 11 is 14.4. The van der Waals surface area contributed by atoms with Gasteiger partial charge in [0.1, 0.15) is 0 Å². The van der Waals surface area contributed by atoms with Crippen molar-refractivity contribution in [1.29, 1.82) is 0 Å². The van der Waals surface area contributed by atoms with Crippen LogP contribution in [-0.4, -0.2) is 0 Å². The molecule has 0 amide bonds. The van der Waals surface area contributed by atoms with Crippen molar-refractivity contribution in [3.05, 3.63) is 148 Å². The zero-order valence-corrected chi connectivity index (χ0v) is 27.6. The van der Waals surface area contributed by atoms with Crippen molar-refractivity contribution in [2.24, 2.45) is 0 Å². The molecule has 0 bridgehead atoms. The second-order valence-electron chi connectivity index (χ2n) is 9.66. The van der Waals surface area contributed by atoms with E-state index in [1.165, 1.54) is 0 Å². The van der Waals surface area contributed by atoms with E-state index < -0.39 is 0 Å². The van der Waals surface area contributed by atoms with Crippen LogP contribution in [0.4, 0.5) is 22.7 Å². The first-order chi connectivity index (χ1) is 19.1. The lowest BCUT2D eigenvalue weighted by atomic mass is 9.81. The van der Waals surface area contributed by atoms with Crippen molar-refractivity contribution < 1.29 is 0 Å². The Morgan fingerprint density at radius 3 is 0.725 bits per heavy atom. The van der Waals surface area contributed by atoms with E-state index in [4.69, 9.17) is 22.9 Å². The molecular formula is C32H26Br4N4. The van der Waals surface area contributed by atoms with E-state index in [0.717, 1.165) is 51.3 Å². The largest absolute Gasteiger partial charge is 0.398 e. The Bertz CT molecular complexity index is 1470. The fraction of sp³-hybridized carbons (Fsp3) is 0.0625. The van der Waals surface area contributed by atoms with Gasteiger partial charge in [-0.05, 0) is 146 Å². The second-order valence-corrected chi connectivity index (χ2v) is 13.1. The van der Waals surface area contributed by atoms with Gasteiger partial charge in [-0.1, -0.05) is 48.5 Å². The van der Waals surface area contributed by atoms with E-state index in [9.17, 15) is 0 Å². The Balaban J connectivity index is 1.63. The monoisotopic (exact) mass is 782 g/mol. The zero-order chi connectivity index (χ0) is 28.6. The molecule has 8 N–H and O–H groups in total. The molecule has 8 heteroatoms. The van der Waals surface area contributed by atoms with Crippen molar-refractivity contribution in [2.75, 3.05) is 22.9 Å². The molecule has 0 aromatic heterocycles. The molecule has 0 spiro atoms. The Hall–Kier alpha value is -2.78. The third-order valence-corrected chi connectivity index (χ3v) is 9.78. The fourth-order valence-electron chi connectivity index (χ4n) is 4.93. The van der Waals surface area contributed by atoms with E-state index in [1.807, 2.05) is 24.3 Å². The molecule has 0 atom stereocenters. The molecule has 5 aromatic carbocycles. The van der Waals surface area contributed by atoms with E-state index in [1.54, 1.807) is 0 Å². The summed E-state index contributed by atoms with van der Waals surface area (Å²) in [4.78, 5) is 0. The predicted octanol–water partition coefficient (Wildman–Crippen LogP) is 9.43. The minimum atomic E-state index is -0.0300. The lowest BCUT2D eigenvalue weighted by Crippen LogP contribution is -2.07. The van der Waals surface area contributed by atoms with Crippen molar-refractivity contribution in [2.45, 2.75) is 11.8 Å². The van der Waals surface area contributed by atoms with Gasteiger partial charge in [-0.15, -0.1) is 0 Å². The number of nitrogen functional groups attached to an aromatic ring is 4. The summed E-state index contributed by atoms with van der Waals surface area (Å²) in [5.74, 6) is -0.0599. The zero-order valence-electron chi connectivity index (χ0n) is 21.2. The van der Waals surface area contributed by atoms with Gasteiger partial charge in [-0.3, -0.25) is 0 Å². The van der Waals surface area contributed by atoms with Gasteiger partial charge in [0.15, 0.2) is 0 Å². The molecule has 0 fully saturated rings. The smallest absolute Gasteiger partial charge is 0.0458 e. The molecule has 4 nitrogen and oxygen atoms in total. The SMILES string of the molecule is Nc1ccc(C(c2ccc(C(c3ccc(N)c(Br)c3)c3ccc(N)c(Br)c3)cc2)c2ccc(N)c(Br)c2)cc1Br. The summed E-state index contributed by atoms with van der Waals surface area (Å²) in [6, 6.07) is 33.1. The van der Waals surface area contributed by atoms with Gasteiger partial charge < -0.3 is 22.9 Å². The van der Waals surface area contributed by atoms with Crippen LogP contribution >= 0.6 is 63.7 Å². The van der Waals surface area contributed by atoms with Crippen LogP contribution in [-0.2, 0) is 0 Å². The fourth-order valence-corrected chi connectivity index (χ4v) is 6.51. The summed E-state index contributed by atoms with van der Waals surface area (Å²) in [5, 5.41) is 0. The summed E-state index contributed by atoms with van der Waals surface area (Å²) in [5.41, 5.74) is 34.0. The molecule has 0 saturated heterocycles. The first kappa shape index (κ1) is 28.7. The minimum Gasteiger partial charge on any atom is -0.398 e. The third-order valence-electron chi connectivity index (χ3n) is 7.03. The number of benzene rings is 5. The van der Waals surface area contributed by atoms with Gasteiger partial charge in [0.2, 0.25) is 0 Å². The first-order valence-corrected chi connectivity index (χ1v) is 15.6. The lowest BCUT2D eigenvalue weighted by Gasteiger charge is -2.23. The summed E-state index contributed by atoms with van der Waals surface area (Å²) in [6.45, 7) is 0. The summed E-state index contributed by atoms with van der Waals surface area (Å²) in [6.07, 6.45) is 0. The van der Waals surface area contributed by atoms with Crippen LogP contribution in [0.1, 0.15) is 45.2 Å². The molecular weight excluding hydrogens is 760 g/mol. The van der Waals surface area contributed by atoms with Gasteiger partial charge in [-0.25, -0.2) is 0 Å². The molecule has 202 valence electrons. The van der Waals surface area contributed by atoms with E-state index >= 15 is 0 Å². The van der Waals surface area contributed by atoms with Crippen LogP contribution in [0.15, 0.2) is 115 Å². The van der Waals surface area contributed by atoms with E-state index in [0.29, 0.717) is 22.7 Å². The topological polar surface area (TPSA) is 104 Å². The number of hydrogen-bond acceptors (Lipinski definition) is 4. The predicted molar refractivity (Wildman–Crippen MR) is 183 cm³/mol. The van der Waals surface area contributed by atoms with Crippen LogP contribution in [0.3, 0.4) is 0 Å². The number of anilines is 4. The van der Waals surface area contributed by atoms with Crippen LogP contribution < -0.4 is 22.9 Å². The van der Waals surface area contributed by atoms with Crippen LogP contribution in [0.5, 0.6) is 0 Å². The highest BCUT2D eigenvalue weighted by atomic mass is 79.9. The van der Waals surface area contributed by atoms with Gasteiger partial charge >= 0.3 is 0 Å². The first-order valence-electron chi connectivity index (χ1n) is 12.4. The number of nitrogens with two attached hydrogens (primary N) is 4. The maximum absolute atomic E-state index is 6.12. The molecule has 5 aromatic rings. The van der Waals surface area contributed by atoms with Gasteiger partial charge in [0.25, 0.3) is 0 Å². The second kappa shape index (κ2) is 12.0. The number of halogens is 4. The Kier molecular flexibility index (Phi) is 8.61. The van der Waals surface area contributed by atoms with Gasteiger partial charge in [0.05, 0.1) is 0 Å². The van der Waals surface area contributed by atoms with Crippen molar-refractivity contribution >= 4 is 86.5 Å². The average molecular weight is 786 g/mol. The minimum absolute atomic E-state index is 0.0300. The van der Waals surface area contributed by atoms with Gasteiger partial charge in [-0.2, -0.15) is 0 Å². The summed E-state index contributed by atoms with van der Waals surface area (Å²) < 4.78 is 3.46.